The van der Waals surface area contributed by atoms with E-state index < -0.39 is 36.0 Å². The van der Waals surface area contributed by atoms with Gasteiger partial charge in [-0.3, -0.25) is 9.59 Å². The Hall–Kier alpha value is -2.17. The van der Waals surface area contributed by atoms with E-state index in [-0.39, 0.29) is 35.2 Å². The standard InChI is InChI=1S/C25H22Cl2F4N2O3S/c1-24(13-8-16(26)20(28)17(27)9-13)10-18(32-36-24)21-14-3-2-4-15(14)22(37-21)19(34)7-12-5-6-33(23(12)35)11-25(29,30)31/h8-9,12H,2-7,10-11H2,1H3. The number of rotatable bonds is 6. The number of hydrogen-bond acceptors (Lipinski definition) is 5. The lowest BCUT2D eigenvalue weighted by Crippen LogP contribution is -2.36. The van der Waals surface area contributed by atoms with Gasteiger partial charge in [0, 0.05) is 30.9 Å². The van der Waals surface area contributed by atoms with Crippen molar-refractivity contribution in [1.29, 1.82) is 0 Å². The summed E-state index contributed by atoms with van der Waals surface area (Å²) in [6.07, 6.45) is -1.68. The number of thiophene rings is 1. The van der Waals surface area contributed by atoms with Crippen LogP contribution in [0.3, 0.4) is 0 Å². The highest BCUT2D eigenvalue weighted by atomic mass is 35.5. The molecule has 2 aromatic rings. The molecule has 2 aliphatic heterocycles. The average Bonchev–Trinajstić information content (AvgIpc) is 3.58. The number of likely N-dealkylation sites (tertiary alicyclic amines) is 1. The summed E-state index contributed by atoms with van der Waals surface area (Å²) in [5.74, 6) is -2.32. The highest BCUT2D eigenvalue weighted by molar-refractivity contribution is 7.16. The molecule has 0 saturated carbocycles. The van der Waals surface area contributed by atoms with E-state index in [9.17, 15) is 27.2 Å². The minimum atomic E-state index is -4.47. The molecule has 0 radical (unpaired) electrons. The molecular formula is C25H22Cl2F4N2O3S. The topological polar surface area (TPSA) is 59.0 Å². The Morgan fingerprint density at radius 2 is 1.92 bits per heavy atom. The number of carbonyl (C=O) groups excluding carboxylic acids is 2. The quantitative estimate of drug-likeness (QED) is 0.218. The molecule has 198 valence electrons. The Balaban J connectivity index is 1.35. The van der Waals surface area contributed by atoms with Gasteiger partial charge in [-0.15, -0.1) is 11.3 Å². The minimum Gasteiger partial charge on any atom is -0.384 e. The van der Waals surface area contributed by atoms with Crippen LogP contribution in [-0.4, -0.2) is 41.6 Å². The van der Waals surface area contributed by atoms with Crippen molar-refractivity contribution in [1.82, 2.24) is 4.90 Å². The Morgan fingerprint density at radius 1 is 1.24 bits per heavy atom. The number of fused-ring (bicyclic) bond motifs is 1. The van der Waals surface area contributed by atoms with Gasteiger partial charge in [0.1, 0.15) is 12.3 Å². The fourth-order valence-electron chi connectivity index (χ4n) is 5.29. The van der Waals surface area contributed by atoms with Gasteiger partial charge in [-0.1, -0.05) is 28.4 Å². The van der Waals surface area contributed by atoms with E-state index in [1.807, 2.05) is 0 Å². The predicted octanol–water partition coefficient (Wildman–Crippen LogP) is 6.71. The highest BCUT2D eigenvalue weighted by Gasteiger charge is 2.42. The molecule has 1 aliphatic carbocycles. The molecule has 37 heavy (non-hydrogen) atoms. The first-order chi connectivity index (χ1) is 17.4. The highest BCUT2D eigenvalue weighted by Crippen LogP contribution is 2.44. The second-order valence-electron chi connectivity index (χ2n) is 9.85. The fourth-order valence-corrected chi connectivity index (χ4v) is 7.10. The third-order valence-corrected chi connectivity index (χ3v) is 9.07. The second kappa shape index (κ2) is 9.54. The zero-order valence-corrected chi connectivity index (χ0v) is 22.0. The number of alkyl halides is 3. The lowest BCUT2D eigenvalue weighted by molar-refractivity contribution is -0.158. The van der Waals surface area contributed by atoms with Crippen LogP contribution >= 0.6 is 34.5 Å². The largest absolute Gasteiger partial charge is 0.406 e. The van der Waals surface area contributed by atoms with Crippen LogP contribution in [-0.2, 0) is 28.1 Å². The summed E-state index contributed by atoms with van der Waals surface area (Å²) in [7, 11) is 0. The Kier molecular flexibility index (Phi) is 6.82. The van der Waals surface area contributed by atoms with Crippen LogP contribution in [0.25, 0.3) is 0 Å². The summed E-state index contributed by atoms with van der Waals surface area (Å²) in [6, 6.07) is 2.91. The van der Waals surface area contributed by atoms with Crippen LogP contribution in [0.4, 0.5) is 17.6 Å². The van der Waals surface area contributed by atoms with Crippen molar-refractivity contribution < 1.29 is 32.0 Å². The second-order valence-corrected chi connectivity index (χ2v) is 11.7. The summed E-state index contributed by atoms with van der Waals surface area (Å²) in [6.45, 7) is 0.494. The van der Waals surface area contributed by atoms with E-state index >= 15 is 0 Å². The number of amides is 1. The minimum absolute atomic E-state index is 0.00572. The maximum absolute atomic E-state index is 13.9. The lowest BCUT2D eigenvalue weighted by Gasteiger charge is -2.22. The number of Topliss-reactive ketones (excluding diaryl/α,β-unsaturated/α-hetero) is 1. The molecule has 0 spiro atoms. The summed E-state index contributed by atoms with van der Waals surface area (Å²) in [5, 5.41) is 4.05. The third-order valence-electron chi connectivity index (χ3n) is 7.15. The molecule has 2 unspecified atom stereocenters. The van der Waals surface area contributed by atoms with Gasteiger partial charge < -0.3 is 9.74 Å². The zero-order chi connectivity index (χ0) is 26.7. The molecule has 2 atom stereocenters. The summed E-state index contributed by atoms with van der Waals surface area (Å²) in [5.41, 5.74) is 2.22. The summed E-state index contributed by atoms with van der Waals surface area (Å²) in [4.78, 5) is 33.7. The van der Waals surface area contributed by atoms with Crippen molar-refractivity contribution >= 4 is 51.9 Å². The maximum atomic E-state index is 13.9. The molecule has 3 heterocycles. The number of benzene rings is 1. The summed E-state index contributed by atoms with van der Waals surface area (Å²) < 4.78 is 52.2. The first-order valence-electron chi connectivity index (χ1n) is 11.8. The monoisotopic (exact) mass is 576 g/mol. The van der Waals surface area contributed by atoms with Crippen LogP contribution in [0.5, 0.6) is 0 Å². The van der Waals surface area contributed by atoms with Gasteiger partial charge in [-0.25, -0.2) is 4.39 Å². The molecule has 3 aliphatic rings. The maximum Gasteiger partial charge on any atom is 0.406 e. The van der Waals surface area contributed by atoms with E-state index in [1.165, 1.54) is 23.5 Å². The van der Waals surface area contributed by atoms with Gasteiger partial charge in [0.2, 0.25) is 5.91 Å². The van der Waals surface area contributed by atoms with E-state index in [2.05, 4.69) is 5.16 Å². The molecule has 0 bridgehead atoms. The van der Waals surface area contributed by atoms with E-state index in [0.717, 1.165) is 33.7 Å². The van der Waals surface area contributed by atoms with Gasteiger partial charge in [-0.05, 0) is 55.9 Å². The van der Waals surface area contributed by atoms with Gasteiger partial charge in [-0.2, -0.15) is 13.2 Å². The molecule has 5 rings (SSSR count). The lowest BCUT2D eigenvalue weighted by atomic mass is 9.90. The van der Waals surface area contributed by atoms with Crippen molar-refractivity contribution in [3.8, 4) is 0 Å². The molecule has 1 fully saturated rings. The Morgan fingerprint density at radius 3 is 2.59 bits per heavy atom. The van der Waals surface area contributed by atoms with Gasteiger partial charge in [0.25, 0.3) is 0 Å². The zero-order valence-electron chi connectivity index (χ0n) is 19.7. The molecule has 1 amide bonds. The van der Waals surface area contributed by atoms with Crippen molar-refractivity contribution in [2.75, 3.05) is 13.1 Å². The van der Waals surface area contributed by atoms with E-state index in [1.54, 1.807) is 6.92 Å². The number of halogens is 6. The number of nitrogens with zero attached hydrogens (tertiary/aromatic N) is 2. The van der Waals surface area contributed by atoms with Crippen molar-refractivity contribution in [2.45, 2.75) is 57.2 Å². The molecule has 12 heteroatoms. The number of carbonyl (C=O) groups is 2. The van der Waals surface area contributed by atoms with Gasteiger partial charge in [0.15, 0.2) is 17.2 Å². The SMILES string of the molecule is CC1(c2cc(Cl)c(F)c(Cl)c2)CC(c2sc(C(=O)CC3CCN(CC(F)(F)F)C3=O)c3c2CCC3)=NO1. The predicted molar refractivity (Wildman–Crippen MR) is 132 cm³/mol. The molecular weight excluding hydrogens is 555 g/mol. The first kappa shape index (κ1) is 26.4. The van der Waals surface area contributed by atoms with Crippen molar-refractivity contribution in [3.63, 3.8) is 0 Å². The van der Waals surface area contributed by atoms with Crippen molar-refractivity contribution in [2.24, 2.45) is 11.1 Å². The van der Waals surface area contributed by atoms with Crippen LogP contribution in [0, 0.1) is 11.7 Å². The van der Waals surface area contributed by atoms with Crippen LogP contribution in [0.1, 0.15) is 63.8 Å². The van der Waals surface area contributed by atoms with Gasteiger partial charge >= 0.3 is 6.18 Å². The average molecular weight is 577 g/mol. The fraction of sp³-hybridized carbons (Fsp3) is 0.480. The first-order valence-corrected chi connectivity index (χ1v) is 13.4. The molecule has 1 saturated heterocycles. The van der Waals surface area contributed by atoms with Crippen LogP contribution in [0.2, 0.25) is 10.0 Å². The number of oxime groups is 1. The Labute approximate surface area is 224 Å². The third kappa shape index (κ3) is 5.00. The van der Waals surface area contributed by atoms with E-state index in [0.29, 0.717) is 29.0 Å². The Bertz CT molecular complexity index is 1300. The summed E-state index contributed by atoms with van der Waals surface area (Å²) >= 11 is 13.2. The number of ketones is 1. The van der Waals surface area contributed by atoms with E-state index in [4.69, 9.17) is 28.0 Å². The van der Waals surface area contributed by atoms with Crippen LogP contribution < -0.4 is 0 Å². The smallest absolute Gasteiger partial charge is 0.384 e. The molecule has 1 aromatic carbocycles. The number of hydrogen-bond donors (Lipinski definition) is 0. The molecule has 0 N–H and O–H groups in total. The molecule has 1 aromatic heterocycles. The van der Waals surface area contributed by atoms with Crippen LogP contribution in [0.15, 0.2) is 17.3 Å². The van der Waals surface area contributed by atoms with Crippen molar-refractivity contribution in [3.05, 3.63) is 54.4 Å². The molecule has 5 nitrogen and oxygen atoms in total. The normalized spacial score (nSPS) is 23.4. The van der Waals surface area contributed by atoms with Gasteiger partial charge in [0.05, 0.1) is 19.8 Å².